The van der Waals surface area contributed by atoms with Crippen LogP contribution in [0.2, 0.25) is 0 Å². The first kappa shape index (κ1) is 32.8. The van der Waals surface area contributed by atoms with Crippen molar-refractivity contribution >= 4 is 27.7 Å². The first-order chi connectivity index (χ1) is 19.9. The zero-order valence-corrected chi connectivity index (χ0v) is 26.5. The molecule has 0 bridgehead atoms. The highest BCUT2D eigenvalue weighted by Crippen LogP contribution is 2.43. The highest BCUT2D eigenvalue weighted by molar-refractivity contribution is 7.90. The molecule has 0 unspecified atom stereocenters. The van der Waals surface area contributed by atoms with Crippen LogP contribution in [0.3, 0.4) is 0 Å². The van der Waals surface area contributed by atoms with Crippen molar-refractivity contribution in [2.45, 2.75) is 102 Å². The summed E-state index contributed by atoms with van der Waals surface area (Å²) in [5, 5.41) is 12.9. The standard InChI is InChI=1S/C31H43FN4O6S/c1-29(2,3)42-28(39)36-19-23(37)18-26(36)27(38)34-25-17-22(9-10-24(25)32)31(14-11-20-7-8-20,21-12-15-33-16-13-21)35-43(40,41)30(4,5)6/h9-10,12-13,15-17,20,23,26,35,37H,7-8,11,14,18-19H2,1-6H3,(H,34,38)/t23-,26-,31+/m1/s1. The lowest BCUT2D eigenvalue weighted by atomic mass is 9.79. The number of anilines is 1. The SMILES string of the molecule is CC(C)(C)OC(=O)N1C[C@H](O)C[C@@H]1C(=O)Nc1cc([C@@](CCC2CC2)(NS(=O)(=O)C(C)(C)C)c2ccncc2)ccc1F. The molecule has 2 aliphatic rings. The summed E-state index contributed by atoms with van der Waals surface area (Å²) in [7, 11) is -3.91. The summed E-state index contributed by atoms with van der Waals surface area (Å²) in [6.45, 7) is 9.80. The second-order valence-corrected chi connectivity index (χ2v) is 16.0. The lowest BCUT2D eigenvalue weighted by Gasteiger charge is -2.38. The minimum Gasteiger partial charge on any atom is -0.444 e. The number of carbonyl (C=O) groups is 2. The van der Waals surface area contributed by atoms with Crippen molar-refractivity contribution in [3.8, 4) is 0 Å². The molecule has 1 aromatic heterocycles. The number of carbonyl (C=O) groups excluding carboxylic acids is 2. The van der Waals surface area contributed by atoms with Crippen LogP contribution in [0.5, 0.6) is 0 Å². The van der Waals surface area contributed by atoms with Gasteiger partial charge >= 0.3 is 6.09 Å². The molecule has 12 heteroatoms. The Hall–Kier alpha value is -3.09. The molecular weight excluding hydrogens is 575 g/mol. The average molecular weight is 619 g/mol. The first-order valence-corrected chi connectivity index (χ1v) is 16.1. The van der Waals surface area contributed by atoms with Gasteiger partial charge in [-0.2, -0.15) is 0 Å². The number of hydrogen-bond acceptors (Lipinski definition) is 7. The zero-order chi connectivity index (χ0) is 31.8. The van der Waals surface area contributed by atoms with Crippen molar-refractivity contribution in [2.75, 3.05) is 11.9 Å². The van der Waals surface area contributed by atoms with Crippen molar-refractivity contribution in [2.24, 2.45) is 5.92 Å². The topological polar surface area (TPSA) is 138 Å². The molecule has 0 radical (unpaired) electrons. The Morgan fingerprint density at radius 1 is 1.07 bits per heavy atom. The van der Waals surface area contributed by atoms with Crippen LogP contribution in [0.4, 0.5) is 14.9 Å². The van der Waals surface area contributed by atoms with Crippen molar-refractivity contribution in [1.82, 2.24) is 14.6 Å². The third kappa shape index (κ3) is 7.71. The van der Waals surface area contributed by atoms with Crippen molar-refractivity contribution in [3.63, 3.8) is 0 Å². The monoisotopic (exact) mass is 618 g/mol. The zero-order valence-electron chi connectivity index (χ0n) is 25.7. The molecule has 1 aliphatic carbocycles. The summed E-state index contributed by atoms with van der Waals surface area (Å²) in [5.74, 6) is -0.960. The number of likely N-dealkylation sites (tertiary alicyclic amines) is 1. The number of benzene rings is 1. The van der Waals surface area contributed by atoms with Gasteiger partial charge < -0.3 is 15.2 Å². The van der Waals surface area contributed by atoms with Gasteiger partial charge in [-0.25, -0.2) is 22.3 Å². The number of ether oxygens (including phenoxy) is 1. The van der Waals surface area contributed by atoms with Crippen LogP contribution < -0.4 is 10.0 Å². The van der Waals surface area contributed by atoms with E-state index in [2.05, 4.69) is 15.0 Å². The molecule has 1 aromatic carbocycles. The van der Waals surface area contributed by atoms with E-state index < -0.39 is 55.9 Å². The maximum Gasteiger partial charge on any atom is 0.411 e. The Labute approximate surface area is 253 Å². The van der Waals surface area contributed by atoms with E-state index in [0.29, 0.717) is 23.5 Å². The van der Waals surface area contributed by atoms with Gasteiger partial charge in [0.2, 0.25) is 15.9 Å². The van der Waals surface area contributed by atoms with Crippen molar-refractivity contribution in [3.05, 3.63) is 59.7 Å². The van der Waals surface area contributed by atoms with E-state index in [1.54, 1.807) is 66.1 Å². The predicted molar refractivity (Wildman–Crippen MR) is 161 cm³/mol. The fraction of sp³-hybridized carbons (Fsp3) is 0.581. The normalized spacial score (nSPS) is 20.9. The van der Waals surface area contributed by atoms with E-state index in [1.807, 2.05) is 0 Å². The summed E-state index contributed by atoms with van der Waals surface area (Å²) < 4.78 is 49.9. The fourth-order valence-corrected chi connectivity index (χ4v) is 6.26. The maximum atomic E-state index is 15.3. The van der Waals surface area contributed by atoms with Gasteiger partial charge in [0.25, 0.3) is 0 Å². The number of nitrogens with zero attached hydrogens (tertiary/aromatic N) is 2. The minimum atomic E-state index is -3.91. The molecule has 2 fully saturated rings. The first-order valence-electron chi connectivity index (χ1n) is 14.6. The van der Waals surface area contributed by atoms with Crippen LogP contribution in [0.1, 0.15) is 84.8 Å². The number of rotatable bonds is 9. The van der Waals surface area contributed by atoms with Gasteiger partial charge in [0.05, 0.1) is 28.6 Å². The van der Waals surface area contributed by atoms with Crippen LogP contribution in [-0.4, -0.2) is 64.4 Å². The number of β-amino-alcohol motifs (C(OH)–C–C–N with tert-alkyl or cyclic N) is 1. The van der Waals surface area contributed by atoms with Crippen LogP contribution >= 0.6 is 0 Å². The second kappa shape index (κ2) is 12.1. The number of hydrogen-bond donors (Lipinski definition) is 3. The predicted octanol–water partition coefficient (Wildman–Crippen LogP) is 4.68. The van der Waals surface area contributed by atoms with Crippen LogP contribution in [0.15, 0.2) is 42.7 Å². The average Bonchev–Trinajstić information content (AvgIpc) is 3.65. The third-order valence-electron chi connectivity index (χ3n) is 7.84. The Kier molecular flexibility index (Phi) is 9.25. The number of aliphatic hydroxyl groups is 1. The highest BCUT2D eigenvalue weighted by atomic mass is 32.2. The van der Waals surface area contributed by atoms with Crippen LogP contribution in [0, 0.1) is 11.7 Å². The molecular formula is C31H43FN4O6S. The number of sulfonamides is 1. The van der Waals surface area contributed by atoms with Gasteiger partial charge in [-0.3, -0.25) is 14.7 Å². The summed E-state index contributed by atoms with van der Waals surface area (Å²) in [4.78, 5) is 31.5. The smallest absolute Gasteiger partial charge is 0.411 e. The van der Waals surface area contributed by atoms with E-state index >= 15 is 4.39 Å². The molecule has 4 rings (SSSR count). The highest BCUT2D eigenvalue weighted by Gasteiger charge is 2.44. The van der Waals surface area contributed by atoms with E-state index in [9.17, 15) is 23.1 Å². The molecule has 2 amide bonds. The molecule has 43 heavy (non-hydrogen) atoms. The summed E-state index contributed by atoms with van der Waals surface area (Å²) in [6, 6.07) is 6.53. The van der Waals surface area contributed by atoms with E-state index in [0.717, 1.165) is 24.2 Å². The van der Waals surface area contributed by atoms with Crippen molar-refractivity contribution < 1.29 is 32.2 Å². The molecule has 1 aliphatic heterocycles. The summed E-state index contributed by atoms with van der Waals surface area (Å²) in [5.41, 5.74) is -1.19. The Balaban J connectivity index is 1.74. The second-order valence-electron chi connectivity index (χ2n) is 13.6. The quantitative estimate of drug-likeness (QED) is 0.371. The number of aromatic nitrogens is 1. The lowest BCUT2D eigenvalue weighted by Crippen LogP contribution is -2.52. The maximum absolute atomic E-state index is 15.3. The van der Waals surface area contributed by atoms with Gasteiger partial charge in [-0.05, 0) is 95.7 Å². The number of amides is 2. The van der Waals surface area contributed by atoms with Crippen LogP contribution in [0.25, 0.3) is 0 Å². The fourth-order valence-electron chi connectivity index (χ4n) is 5.16. The molecule has 0 spiro atoms. The molecule has 2 aromatic rings. The third-order valence-corrected chi connectivity index (χ3v) is 10.1. The molecule has 3 atom stereocenters. The minimum absolute atomic E-state index is 0.0416. The number of nitrogens with one attached hydrogen (secondary N) is 2. The van der Waals surface area contributed by atoms with Gasteiger partial charge in [-0.15, -0.1) is 0 Å². The van der Waals surface area contributed by atoms with E-state index in [-0.39, 0.29) is 18.7 Å². The van der Waals surface area contributed by atoms with Crippen molar-refractivity contribution in [1.29, 1.82) is 0 Å². The molecule has 1 saturated carbocycles. The molecule has 3 N–H and O–H groups in total. The number of pyridine rings is 1. The largest absolute Gasteiger partial charge is 0.444 e. The molecule has 10 nitrogen and oxygen atoms in total. The Morgan fingerprint density at radius 3 is 2.30 bits per heavy atom. The number of aliphatic hydroxyl groups excluding tert-OH is 1. The Bertz CT molecular complexity index is 1440. The lowest BCUT2D eigenvalue weighted by molar-refractivity contribution is -0.120. The van der Waals surface area contributed by atoms with Gasteiger partial charge in [0.15, 0.2) is 0 Å². The summed E-state index contributed by atoms with van der Waals surface area (Å²) in [6.07, 6.45) is 4.66. The van der Waals surface area contributed by atoms with Gasteiger partial charge in [0, 0.05) is 18.8 Å². The molecule has 236 valence electrons. The van der Waals surface area contributed by atoms with Gasteiger partial charge in [-0.1, -0.05) is 18.9 Å². The van der Waals surface area contributed by atoms with Gasteiger partial charge in [0.1, 0.15) is 17.5 Å². The number of halogens is 1. The molecule has 2 heterocycles. The summed E-state index contributed by atoms with van der Waals surface area (Å²) >= 11 is 0. The van der Waals surface area contributed by atoms with E-state index in [4.69, 9.17) is 4.74 Å². The van der Waals surface area contributed by atoms with E-state index in [1.165, 1.54) is 18.2 Å². The molecule has 1 saturated heterocycles. The van der Waals surface area contributed by atoms with Crippen LogP contribution in [-0.2, 0) is 25.1 Å². The Morgan fingerprint density at radius 2 is 1.72 bits per heavy atom.